The quantitative estimate of drug-likeness (QED) is 0.807. The molecule has 7 heteroatoms. The number of hydrogen-bond donors (Lipinski definition) is 0. The molecule has 2 aromatic rings. The first-order chi connectivity index (χ1) is 11.1. The highest BCUT2D eigenvalue weighted by molar-refractivity contribution is 7.09. The van der Waals surface area contributed by atoms with Gasteiger partial charge in [-0.3, -0.25) is 9.59 Å². The second-order valence-corrected chi connectivity index (χ2v) is 6.32. The zero-order chi connectivity index (χ0) is 16.2. The molecule has 3 rings (SSSR count). The summed E-state index contributed by atoms with van der Waals surface area (Å²) in [5, 5.41) is 2.89. The van der Waals surface area contributed by atoms with Crippen LogP contribution < -0.4 is 0 Å². The van der Waals surface area contributed by atoms with Gasteiger partial charge in [-0.2, -0.15) is 0 Å². The van der Waals surface area contributed by atoms with Crippen LogP contribution in [-0.2, 0) is 4.79 Å². The Bertz CT molecular complexity index is 713. The van der Waals surface area contributed by atoms with Gasteiger partial charge >= 0.3 is 0 Å². The molecule has 0 aromatic carbocycles. The number of amides is 2. The predicted octanol–water partition coefficient (Wildman–Crippen LogP) is 2.04. The van der Waals surface area contributed by atoms with Crippen molar-refractivity contribution in [2.24, 2.45) is 0 Å². The van der Waals surface area contributed by atoms with E-state index in [0.717, 1.165) is 10.7 Å². The monoisotopic (exact) mass is 331 g/mol. The zero-order valence-corrected chi connectivity index (χ0v) is 13.6. The summed E-state index contributed by atoms with van der Waals surface area (Å²) in [4.78, 5) is 32.1. The molecule has 23 heavy (non-hydrogen) atoms. The third-order valence-corrected chi connectivity index (χ3v) is 4.47. The summed E-state index contributed by atoms with van der Waals surface area (Å²) in [7, 11) is 0. The van der Waals surface area contributed by atoms with Crippen molar-refractivity contribution in [1.82, 2.24) is 14.8 Å². The number of thiazole rings is 1. The van der Waals surface area contributed by atoms with Crippen molar-refractivity contribution < 1.29 is 14.0 Å². The topological polar surface area (TPSA) is 66.7 Å². The standard InChI is InChI=1S/C16H17N3O3S/c1-12-17-14(11-23-12)2-3-15(20)18-5-7-19(8-6-18)16(21)13-4-9-22-10-13/h2-4,9-11H,5-8H2,1H3/b3-2+. The average molecular weight is 331 g/mol. The molecule has 2 aromatic heterocycles. The van der Waals surface area contributed by atoms with E-state index in [-0.39, 0.29) is 11.8 Å². The Kier molecular flexibility index (Phi) is 4.57. The molecule has 3 heterocycles. The molecule has 1 fully saturated rings. The average Bonchev–Trinajstić information content (AvgIpc) is 3.24. The SMILES string of the molecule is Cc1nc(/C=C/C(=O)N2CCN(C(=O)c3ccoc3)CC2)cs1. The summed E-state index contributed by atoms with van der Waals surface area (Å²) in [6.45, 7) is 4.05. The van der Waals surface area contributed by atoms with Gasteiger partial charge in [0.1, 0.15) is 6.26 Å². The molecule has 0 aliphatic carbocycles. The number of aryl methyl sites for hydroxylation is 1. The van der Waals surface area contributed by atoms with Crippen LogP contribution in [0.25, 0.3) is 6.08 Å². The summed E-state index contributed by atoms with van der Waals surface area (Å²) >= 11 is 1.55. The lowest BCUT2D eigenvalue weighted by atomic mass is 10.2. The van der Waals surface area contributed by atoms with Gasteiger partial charge in [0.05, 0.1) is 22.5 Å². The minimum Gasteiger partial charge on any atom is -0.472 e. The summed E-state index contributed by atoms with van der Waals surface area (Å²) in [6, 6.07) is 1.65. The molecule has 0 bridgehead atoms. The number of piperazine rings is 1. The molecule has 6 nitrogen and oxygen atoms in total. The minimum absolute atomic E-state index is 0.0499. The molecule has 2 amide bonds. The molecule has 1 saturated heterocycles. The van der Waals surface area contributed by atoms with Gasteiger partial charge in [0, 0.05) is 37.6 Å². The molecule has 0 unspecified atom stereocenters. The van der Waals surface area contributed by atoms with E-state index in [0.29, 0.717) is 31.7 Å². The Morgan fingerprint density at radius 1 is 1.26 bits per heavy atom. The summed E-state index contributed by atoms with van der Waals surface area (Å²) in [5.41, 5.74) is 1.35. The predicted molar refractivity (Wildman–Crippen MR) is 87.1 cm³/mol. The van der Waals surface area contributed by atoms with E-state index in [2.05, 4.69) is 4.98 Å². The van der Waals surface area contributed by atoms with E-state index in [1.165, 1.54) is 12.5 Å². The zero-order valence-electron chi connectivity index (χ0n) is 12.8. The maximum absolute atomic E-state index is 12.2. The van der Waals surface area contributed by atoms with Crippen molar-refractivity contribution in [3.8, 4) is 0 Å². The van der Waals surface area contributed by atoms with Crippen LogP contribution in [0.1, 0.15) is 21.1 Å². The second kappa shape index (κ2) is 6.78. The lowest BCUT2D eigenvalue weighted by Gasteiger charge is -2.34. The Hall–Kier alpha value is -2.41. The van der Waals surface area contributed by atoms with E-state index < -0.39 is 0 Å². The fraction of sp³-hybridized carbons (Fsp3) is 0.312. The maximum atomic E-state index is 12.2. The highest BCUT2D eigenvalue weighted by Gasteiger charge is 2.24. The van der Waals surface area contributed by atoms with Crippen molar-refractivity contribution >= 4 is 29.2 Å². The molecule has 0 atom stereocenters. The Balaban J connectivity index is 1.53. The van der Waals surface area contributed by atoms with Gasteiger partial charge in [0.25, 0.3) is 5.91 Å². The van der Waals surface area contributed by atoms with Gasteiger partial charge in [0.2, 0.25) is 5.91 Å². The Morgan fingerprint density at radius 3 is 2.61 bits per heavy atom. The van der Waals surface area contributed by atoms with Gasteiger partial charge in [-0.15, -0.1) is 11.3 Å². The summed E-state index contributed by atoms with van der Waals surface area (Å²) in [5.74, 6) is -0.106. The minimum atomic E-state index is -0.0562. The van der Waals surface area contributed by atoms with Gasteiger partial charge in [-0.05, 0) is 19.1 Å². The molecule has 1 aliphatic rings. The smallest absolute Gasteiger partial charge is 0.257 e. The molecule has 0 N–H and O–H groups in total. The van der Waals surface area contributed by atoms with E-state index >= 15 is 0 Å². The fourth-order valence-electron chi connectivity index (χ4n) is 2.42. The lowest BCUT2D eigenvalue weighted by Crippen LogP contribution is -2.50. The first kappa shape index (κ1) is 15.5. The normalized spacial score (nSPS) is 15.3. The molecule has 120 valence electrons. The van der Waals surface area contributed by atoms with Crippen LogP contribution in [0.3, 0.4) is 0 Å². The van der Waals surface area contributed by atoms with E-state index in [4.69, 9.17) is 4.42 Å². The number of hydrogen-bond acceptors (Lipinski definition) is 5. The Morgan fingerprint density at radius 2 is 2.00 bits per heavy atom. The number of furan rings is 1. The van der Waals surface area contributed by atoms with Crippen molar-refractivity contribution in [2.75, 3.05) is 26.2 Å². The first-order valence-electron chi connectivity index (χ1n) is 7.34. The first-order valence-corrected chi connectivity index (χ1v) is 8.22. The van der Waals surface area contributed by atoms with Gasteiger partial charge in [0.15, 0.2) is 0 Å². The number of carbonyl (C=O) groups excluding carboxylic acids is 2. The van der Waals surface area contributed by atoms with Crippen LogP contribution in [0.15, 0.2) is 34.5 Å². The van der Waals surface area contributed by atoms with Crippen LogP contribution in [0.5, 0.6) is 0 Å². The van der Waals surface area contributed by atoms with E-state index in [1.807, 2.05) is 12.3 Å². The maximum Gasteiger partial charge on any atom is 0.257 e. The fourth-order valence-corrected chi connectivity index (χ4v) is 3.00. The second-order valence-electron chi connectivity index (χ2n) is 5.25. The van der Waals surface area contributed by atoms with Crippen molar-refractivity contribution in [3.05, 3.63) is 46.3 Å². The molecular formula is C16H17N3O3S. The molecule has 0 saturated carbocycles. The van der Waals surface area contributed by atoms with Gasteiger partial charge in [-0.25, -0.2) is 4.98 Å². The lowest BCUT2D eigenvalue weighted by molar-refractivity contribution is -0.127. The molecule has 1 aliphatic heterocycles. The van der Waals surface area contributed by atoms with Crippen LogP contribution in [-0.4, -0.2) is 52.8 Å². The van der Waals surface area contributed by atoms with Crippen molar-refractivity contribution in [3.63, 3.8) is 0 Å². The molecular weight excluding hydrogens is 314 g/mol. The van der Waals surface area contributed by atoms with Crippen LogP contribution in [0.2, 0.25) is 0 Å². The number of carbonyl (C=O) groups is 2. The number of aromatic nitrogens is 1. The largest absolute Gasteiger partial charge is 0.472 e. The Labute approximate surface area is 138 Å². The molecule has 0 radical (unpaired) electrons. The summed E-state index contributed by atoms with van der Waals surface area (Å²) < 4.78 is 4.94. The molecule has 0 spiro atoms. The van der Waals surface area contributed by atoms with Crippen LogP contribution in [0, 0.1) is 6.92 Å². The van der Waals surface area contributed by atoms with Gasteiger partial charge < -0.3 is 14.2 Å². The van der Waals surface area contributed by atoms with Crippen molar-refractivity contribution in [1.29, 1.82) is 0 Å². The van der Waals surface area contributed by atoms with E-state index in [1.54, 1.807) is 39.4 Å². The summed E-state index contributed by atoms with van der Waals surface area (Å²) in [6.07, 6.45) is 6.20. The van der Waals surface area contributed by atoms with Gasteiger partial charge in [-0.1, -0.05) is 0 Å². The highest BCUT2D eigenvalue weighted by Crippen LogP contribution is 2.12. The number of nitrogens with zero attached hydrogens (tertiary/aromatic N) is 3. The van der Waals surface area contributed by atoms with Crippen molar-refractivity contribution in [2.45, 2.75) is 6.92 Å². The number of rotatable bonds is 3. The van der Waals surface area contributed by atoms with Crippen LogP contribution >= 0.6 is 11.3 Å². The third kappa shape index (κ3) is 3.68. The highest BCUT2D eigenvalue weighted by atomic mass is 32.1. The van der Waals surface area contributed by atoms with E-state index in [9.17, 15) is 9.59 Å². The van der Waals surface area contributed by atoms with Crippen LogP contribution in [0.4, 0.5) is 0 Å². The third-order valence-electron chi connectivity index (χ3n) is 3.68.